The number of hydrogen-bond donors (Lipinski definition) is 2. The maximum Gasteiger partial charge on any atom is 0.412 e. The summed E-state index contributed by atoms with van der Waals surface area (Å²) in [5.41, 5.74) is 4.83. The number of imide groups is 1. The lowest BCUT2D eigenvalue weighted by atomic mass is 9.71. The number of nitriles is 1. The van der Waals surface area contributed by atoms with Crippen LogP contribution >= 0.6 is 0 Å². The van der Waals surface area contributed by atoms with Crippen LogP contribution in [0.2, 0.25) is 0 Å². The quantitative estimate of drug-likeness (QED) is 0.394. The number of benzene rings is 3. The van der Waals surface area contributed by atoms with Gasteiger partial charge < -0.3 is 29.4 Å². The number of fused-ring (bicyclic) bond motifs is 10. The predicted molar refractivity (Wildman–Crippen MR) is 173 cm³/mol. The van der Waals surface area contributed by atoms with Gasteiger partial charge in [0.1, 0.15) is 11.8 Å². The van der Waals surface area contributed by atoms with Crippen molar-refractivity contribution in [1.29, 1.82) is 5.26 Å². The third-order valence-corrected chi connectivity index (χ3v) is 10.9. The second-order valence-electron chi connectivity index (χ2n) is 13.2. The average Bonchev–Trinajstić information content (AvgIpc) is 3.67. The summed E-state index contributed by atoms with van der Waals surface area (Å²) in [7, 11) is 4.94. The van der Waals surface area contributed by atoms with E-state index in [-0.39, 0.29) is 37.3 Å². The van der Waals surface area contributed by atoms with E-state index in [0.717, 1.165) is 11.1 Å². The molecule has 3 aromatic carbocycles. The van der Waals surface area contributed by atoms with E-state index < -0.39 is 42.1 Å². The van der Waals surface area contributed by atoms with Crippen molar-refractivity contribution < 1.29 is 38.4 Å². The first-order valence-corrected chi connectivity index (χ1v) is 16.2. The van der Waals surface area contributed by atoms with Gasteiger partial charge in [-0.1, -0.05) is 18.2 Å². The van der Waals surface area contributed by atoms with Gasteiger partial charge in [-0.05, 0) is 57.0 Å². The van der Waals surface area contributed by atoms with Crippen LogP contribution in [-0.4, -0.2) is 90.4 Å². The molecule has 5 aliphatic rings. The molecule has 3 aromatic rings. The first-order chi connectivity index (χ1) is 23.6. The molecular weight excluding hydrogens is 630 g/mol. The van der Waals surface area contributed by atoms with Gasteiger partial charge >= 0.3 is 6.09 Å². The zero-order chi connectivity index (χ0) is 34.5. The SMILES string of the molecule is CNC(=O)Oc1c(C)c2c(c3c1C[C@H]1[C@H]4c5c(cc(C)c(OC)c5O)C[C@@H]([C@H](C#N)N1[C@H]3CN1C(=O)c3ccccc3C1=O)N4C)OCO2. The fourth-order valence-corrected chi connectivity index (χ4v) is 8.87. The monoisotopic (exact) mass is 665 g/mol. The number of rotatable bonds is 4. The molecule has 1 saturated heterocycles. The third-order valence-electron chi connectivity index (χ3n) is 10.9. The Morgan fingerprint density at radius 1 is 1.06 bits per heavy atom. The van der Waals surface area contributed by atoms with Crippen molar-refractivity contribution in [2.24, 2.45) is 0 Å². The highest BCUT2D eigenvalue weighted by Crippen LogP contribution is 2.58. The average molecular weight is 666 g/mol. The van der Waals surface area contributed by atoms with Gasteiger partial charge in [-0.3, -0.25) is 24.3 Å². The molecule has 1 fully saturated rings. The number of carbonyl (C=O) groups excluding carboxylic acids is 3. The molecule has 13 nitrogen and oxygen atoms in total. The minimum absolute atomic E-state index is 0.0366. The molecule has 0 aliphatic carbocycles. The smallest absolute Gasteiger partial charge is 0.412 e. The third kappa shape index (κ3) is 4.20. The number of piperazine rings is 1. The van der Waals surface area contributed by atoms with Crippen LogP contribution in [0.25, 0.3) is 0 Å². The fraction of sp³-hybridized carbons (Fsp3) is 0.389. The highest BCUT2D eigenvalue weighted by Gasteiger charge is 2.57. The van der Waals surface area contributed by atoms with Crippen molar-refractivity contribution in [3.8, 4) is 34.8 Å². The number of hydrogen-bond acceptors (Lipinski definition) is 11. The lowest BCUT2D eigenvalue weighted by molar-refractivity contribution is -0.0757. The Kier molecular flexibility index (Phi) is 7.03. The zero-order valence-corrected chi connectivity index (χ0v) is 27.7. The van der Waals surface area contributed by atoms with Crippen molar-refractivity contribution in [2.75, 3.05) is 34.5 Å². The van der Waals surface area contributed by atoms with Gasteiger partial charge in [0.15, 0.2) is 23.0 Å². The molecule has 0 unspecified atom stereocenters. The number of phenolic OH excluding ortho intramolecular Hbond substituents is 1. The van der Waals surface area contributed by atoms with E-state index in [2.05, 4.69) is 21.2 Å². The molecule has 5 aliphatic heterocycles. The number of ether oxygens (including phenoxy) is 4. The maximum atomic E-state index is 13.8. The Hall–Kier alpha value is -5.32. The summed E-state index contributed by atoms with van der Waals surface area (Å²) in [6, 6.07) is 8.61. The van der Waals surface area contributed by atoms with Gasteiger partial charge in [-0.2, -0.15) is 5.26 Å². The van der Waals surface area contributed by atoms with E-state index in [1.54, 1.807) is 31.2 Å². The number of nitrogens with one attached hydrogen (secondary N) is 1. The van der Waals surface area contributed by atoms with Crippen LogP contribution in [0.15, 0.2) is 30.3 Å². The number of aryl methyl sites for hydroxylation is 1. The molecular formula is C36H35N5O8. The molecule has 3 amide bonds. The van der Waals surface area contributed by atoms with Gasteiger partial charge in [0.2, 0.25) is 6.79 Å². The molecule has 0 radical (unpaired) electrons. The standard InChI is InChI=1S/C36H35N5O8/c1-16-10-18-11-22-24(13-37)41-23(28(39(22)4)26(18)29(42)30(16)46-5)12-21-27(33-32(47-15-48-33)17(2)31(21)49-36(45)38-3)25(41)14-40-34(43)19-8-6-7-9-20(19)35(40)44/h6-10,22-25,28,42H,11-12,14-15H2,1-5H3,(H,38,45)/t22-,23-,24-,25-,28-/m0/s1. The summed E-state index contributed by atoms with van der Waals surface area (Å²) in [6.45, 7) is 3.48. The number of carbonyl (C=O) groups is 3. The van der Waals surface area contributed by atoms with Gasteiger partial charge in [0.05, 0.1) is 36.4 Å². The van der Waals surface area contributed by atoms with Crippen LogP contribution in [0.4, 0.5) is 4.79 Å². The molecule has 0 spiro atoms. The molecule has 13 heteroatoms. The summed E-state index contributed by atoms with van der Waals surface area (Å²) < 4.78 is 23.6. The second kappa shape index (κ2) is 11.1. The van der Waals surface area contributed by atoms with E-state index in [1.807, 2.05) is 20.0 Å². The number of aromatic hydroxyl groups is 1. The van der Waals surface area contributed by atoms with Crippen LogP contribution in [0.5, 0.6) is 28.7 Å². The highest BCUT2D eigenvalue weighted by atomic mass is 16.7. The first-order valence-electron chi connectivity index (χ1n) is 16.2. The van der Waals surface area contributed by atoms with Crippen molar-refractivity contribution in [3.05, 3.63) is 74.8 Å². The molecule has 5 atom stereocenters. The largest absolute Gasteiger partial charge is 0.504 e. The number of nitrogens with zero attached hydrogens (tertiary/aromatic N) is 4. The van der Waals surface area contributed by atoms with Gasteiger partial charge in [0.25, 0.3) is 11.8 Å². The normalized spacial score (nSPS) is 24.8. The van der Waals surface area contributed by atoms with E-state index in [9.17, 15) is 24.8 Å². The molecule has 252 valence electrons. The molecule has 8 rings (SSSR count). The van der Waals surface area contributed by atoms with Crippen LogP contribution < -0.4 is 24.3 Å². The van der Waals surface area contributed by atoms with Crippen molar-refractivity contribution in [2.45, 2.75) is 56.9 Å². The van der Waals surface area contributed by atoms with Crippen LogP contribution in [-0.2, 0) is 12.8 Å². The summed E-state index contributed by atoms with van der Waals surface area (Å²) in [5.74, 6) is 0.658. The van der Waals surface area contributed by atoms with Gasteiger partial charge in [0, 0.05) is 47.9 Å². The van der Waals surface area contributed by atoms with Crippen molar-refractivity contribution in [1.82, 2.24) is 20.0 Å². The lowest BCUT2D eigenvalue weighted by Crippen LogP contribution is -2.68. The number of methoxy groups -OCH3 is 1. The number of phenols is 1. The Labute approximate surface area is 282 Å². The van der Waals surface area contributed by atoms with Gasteiger partial charge in [-0.25, -0.2) is 4.79 Å². The van der Waals surface area contributed by atoms with Crippen molar-refractivity contribution in [3.63, 3.8) is 0 Å². The van der Waals surface area contributed by atoms with Gasteiger partial charge in [-0.15, -0.1) is 0 Å². The highest BCUT2D eigenvalue weighted by molar-refractivity contribution is 6.21. The van der Waals surface area contributed by atoms with Crippen molar-refractivity contribution >= 4 is 17.9 Å². The summed E-state index contributed by atoms with van der Waals surface area (Å²) >= 11 is 0. The summed E-state index contributed by atoms with van der Waals surface area (Å²) in [4.78, 5) is 45.9. The number of amides is 3. The van der Waals surface area contributed by atoms with E-state index >= 15 is 0 Å². The minimum atomic E-state index is -0.765. The Balaban J connectivity index is 1.38. The van der Waals surface area contributed by atoms with E-state index in [0.29, 0.717) is 57.1 Å². The Morgan fingerprint density at radius 2 is 1.76 bits per heavy atom. The predicted octanol–water partition coefficient (Wildman–Crippen LogP) is 3.53. The maximum absolute atomic E-state index is 13.8. The minimum Gasteiger partial charge on any atom is -0.504 e. The Bertz CT molecular complexity index is 1990. The fourth-order valence-electron chi connectivity index (χ4n) is 8.87. The van der Waals surface area contributed by atoms with Crippen LogP contribution in [0.1, 0.15) is 66.2 Å². The number of likely N-dealkylation sites (N-methyl/N-ethyl adjacent to an activating group) is 1. The summed E-state index contributed by atoms with van der Waals surface area (Å²) in [5, 5.41) is 25.2. The zero-order valence-electron chi connectivity index (χ0n) is 27.7. The molecule has 0 aromatic heterocycles. The molecule has 5 heterocycles. The van der Waals surface area contributed by atoms with Crippen LogP contribution in [0.3, 0.4) is 0 Å². The lowest BCUT2D eigenvalue weighted by Gasteiger charge is -2.60. The first kappa shape index (κ1) is 31.0. The topological polar surface area (TPSA) is 154 Å². The molecule has 0 saturated carbocycles. The molecule has 2 bridgehead atoms. The molecule has 2 N–H and O–H groups in total. The summed E-state index contributed by atoms with van der Waals surface area (Å²) in [6.07, 6.45) is 0.0816. The van der Waals surface area contributed by atoms with E-state index in [1.165, 1.54) is 19.1 Å². The van der Waals surface area contributed by atoms with Crippen LogP contribution in [0, 0.1) is 25.2 Å². The molecule has 49 heavy (non-hydrogen) atoms. The second-order valence-corrected chi connectivity index (χ2v) is 13.2. The van der Waals surface area contributed by atoms with E-state index in [4.69, 9.17) is 18.9 Å². The Morgan fingerprint density at radius 3 is 2.41 bits per heavy atom.